The molecule has 1 amide bonds. The predicted molar refractivity (Wildman–Crippen MR) is 70.7 cm³/mol. The number of hydrogen-bond donors (Lipinski definition) is 1. The van der Waals surface area contributed by atoms with Crippen LogP contribution in [0, 0.1) is 5.92 Å². The molecular weight excluding hydrogens is 248 g/mol. The summed E-state index contributed by atoms with van der Waals surface area (Å²) < 4.78 is 9.90. The fraction of sp³-hybridized carbons (Fsp3) is 0.846. The molecule has 0 aromatic heterocycles. The van der Waals surface area contributed by atoms with Gasteiger partial charge in [0.05, 0.1) is 25.7 Å². The van der Waals surface area contributed by atoms with Gasteiger partial charge in [-0.3, -0.25) is 14.5 Å². The lowest BCUT2D eigenvalue weighted by Gasteiger charge is -2.30. The van der Waals surface area contributed by atoms with E-state index in [9.17, 15) is 9.59 Å². The maximum Gasteiger partial charge on any atom is 0.310 e. The van der Waals surface area contributed by atoms with Gasteiger partial charge in [0.15, 0.2) is 0 Å². The summed E-state index contributed by atoms with van der Waals surface area (Å²) >= 11 is 0. The number of nitrogens with zero attached hydrogens (tertiary/aromatic N) is 1. The second-order valence-electron chi connectivity index (χ2n) is 4.67. The highest BCUT2D eigenvalue weighted by atomic mass is 16.5. The van der Waals surface area contributed by atoms with E-state index < -0.39 is 0 Å². The van der Waals surface area contributed by atoms with Gasteiger partial charge in [0, 0.05) is 20.2 Å². The normalized spacial score (nSPS) is 20.0. The standard InChI is InChI=1S/C13H24N2O4/c1-3-19-13(17)11-5-4-7-15(9-11)10-12(16)14-6-8-18-2/h11H,3-10H2,1-2H3,(H,14,16)/t11-/m0/s1. The first-order chi connectivity index (χ1) is 9.17. The van der Waals surface area contributed by atoms with Crippen LogP contribution >= 0.6 is 0 Å². The number of carbonyl (C=O) groups is 2. The Labute approximate surface area is 114 Å². The molecule has 0 aliphatic carbocycles. The molecule has 0 saturated carbocycles. The van der Waals surface area contributed by atoms with Gasteiger partial charge in [0.1, 0.15) is 0 Å². The Balaban J connectivity index is 2.30. The Bertz CT molecular complexity index is 296. The van der Waals surface area contributed by atoms with Crippen molar-refractivity contribution in [2.45, 2.75) is 19.8 Å². The predicted octanol–water partition coefficient (Wildman–Crippen LogP) is 0.0241. The number of hydrogen-bond acceptors (Lipinski definition) is 5. The minimum absolute atomic E-state index is 0.0263. The fourth-order valence-electron chi connectivity index (χ4n) is 2.20. The topological polar surface area (TPSA) is 67.9 Å². The summed E-state index contributed by atoms with van der Waals surface area (Å²) in [6.07, 6.45) is 1.77. The molecule has 1 atom stereocenters. The lowest BCUT2D eigenvalue weighted by molar-refractivity contribution is -0.150. The van der Waals surface area contributed by atoms with Crippen LogP contribution < -0.4 is 5.32 Å². The number of amides is 1. The van der Waals surface area contributed by atoms with E-state index in [0.29, 0.717) is 32.8 Å². The molecule has 19 heavy (non-hydrogen) atoms. The zero-order valence-corrected chi connectivity index (χ0v) is 11.8. The van der Waals surface area contributed by atoms with E-state index >= 15 is 0 Å². The van der Waals surface area contributed by atoms with Crippen molar-refractivity contribution in [2.24, 2.45) is 5.92 Å². The quantitative estimate of drug-likeness (QED) is 0.523. The van der Waals surface area contributed by atoms with Gasteiger partial charge in [0.2, 0.25) is 5.91 Å². The zero-order chi connectivity index (χ0) is 14.1. The third kappa shape index (κ3) is 6.02. The number of nitrogens with one attached hydrogen (secondary N) is 1. The highest BCUT2D eigenvalue weighted by molar-refractivity contribution is 5.78. The minimum atomic E-state index is -0.146. The van der Waals surface area contributed by atoms with E-state index in [-0.39, 0.29) is 17.8 Å². The maximum absolute atomic E-state index is 11.7. The van der Waals surface area contributed by atoms with Crippen LogP contribution in [0.5, 0.6) is 0 Å². The van der Waals surface area contributed by atoms with Crippen LogP contribution in [-0.2, 0) is 19.1 Å². The van der Waals surface area contributed by atoms with E-state index in [1.807, 2.05) is 11.8 Å². The number of ether oxygens (including phenoxy) is 2. The van der Waals surface area contributed by atoms with Gasteiger partial charge in [-0.15, -0.1) is 0 Å². The molecule has 0 unspecified atom stereocenters. The molecule has 1 aliphatic rings. The maximum atomic E-state index is 11.7. The van der Waals surface area contributed by atoms with Crippen molar-refractivity contribution in [2.75, 3.05) is 46.5 Å². The monoisotopic (exact) mass is 272 g/mol. The summed E-state index contributed by atoms with van der Waals surface area (Å²) in [6.45, 7) is 5.04. The Kier molecular flexibility index (Phi) is 7.43. The first kappa shape index (κ1) is 15.9. The smallest absolute Gasteiger partial charge is 0.310 e. The van der Waals surface area contributed by atoms with Gasteiger partial charge in [-0.05, 0) is 26.3 Å². The third-order valence-corrected chi connectivity index (χ3v) is 3.12. The molecule has 0 spiro atoms. The average molecular weight is 272 g/mol. The van der Waals surface area contributed by atoms with E-state index in [4.69, 9.17) is 9.47 Å². The highest BCUT2D eigenvalue weighted by Gasteiger charge is 2.27. The van der Waals surface area contributed by atoms with Gasteiger partial charge >= 0.3 is 5.97 Å². The highest BCUT2D eigenvalue weighted by Crippen LogP contribution is 2.17. The zero-order valence-electron chi connectivity index (χ0n) is 11.8. The second-order valence-corrected chi connectivity index (χ2v) is 4.67. The van der Waals surface area contributed by atoms with Gasteiger partial charge in [-0.1, -0.05) is 0 Å². The van der Waals surface area contributed by atoms with Crippen molar-refractivity contribution in [3.05, 3.63) is 0 Å². The Morgan fingerprint density at radius 1 is 1.42 bits per heavy atom. The molecule has 1 saturated heterocycles. The number of esters is 1. The van der Waals surface area contributed by atoms with Crippen molar-refractivity contribution in [1.82, 2.24) is 10.2 Å². The molecular formula is C13H24N2O4. The van der Waals surface area contributed by atoms with E-state index in [2.05, 4.69) is 5.32 Å². The van der Waals surface area contributed by atoms with Crippen LogP contribution in [0.4, 0.5) is 0 Å². The van der Waals surface area contributed by atoms with Crippen molar-refractivity contribution < 1.29 is 19.1 Å². The van der Waals surface area contributed by atoms with Crippen LogP contribution in [0.3, 0.4) is 0 Å². The van der Waals surface area contributed by atoms with Gasteiger partial charge in [0.25, 0.3) is 0 Å². The minimum Gasteiger partial charge on any atom is -0.466 e. The van der Waals surface area contributed by atoms with Crippen LogP contribution in [0.2, 0.25) is 0 Å². The lowest BCUT2D eigenvalue weighted by atomic mass is 9.98. The molecule has 110 valence electrons. The van der Waals surface area contributed by atoms with Gasteiger partial charge in [-0.25, -0.2) is 0 Å². The number of likely N-dealkylation sites (tertiary alicyclic amines) is 1. The van der Waals surface area contributed by atoms with Crippen molar-refractivity contribution in [3.8, 4) is 0 Å². The summed E-state index contributed by atoms with van der Waals surface area (Å²) in [5.74, 6) is -0.269. The molecule has 1 N–H and O–H groups in total. The van der Waals surface area contributed by atoms with Crippen molar-refractivity contribution in [3.63, 3.8) is 0 Å². The lowest BCUT2D eigenvalue weighted by Crippen LogP contribution is -2.45. The van der Waals surface area contributed by atoms with Crippen molar-refractivity contribution in [1.29, 1.82) is 0 Å². The van der Waals surface area contributed by atoms with Gasteiger partial charge in [-0.2, -0.15) is 0 Å². The number of rotatable bonds is 7. The summed E-state index contributed by atoms with van der Waals surface area (Å²) in [7, 11) is 1.60. The summed E-state index contributed by atoms with van der Waals surface area (Å²) in [5.41, 5.74) is 0. The SMILES string of the molecule is CCOC(=O)[C@H]1CCCN(CC(=O)NCCOC)C1. The van der Waals surface area contributed by atoms with Gasteiger partial charge < -0.3 is 14.8 Å². The molecule has 1 rings (SSSR count). The summed E-state index contributed by atoms with van der Waals surface area (Å²) in [5, 5.41) is 2.78. The molecule has 0 aromatic rings. The summed E-state index contributed by atoms with van der Waals surface area (Å²) in [6, 6.07) is 0. The van der Waals surface area contributed by atoms with Crippen LogP contribution in [0.1, 0.15) is 19.8 Å². The molecule has 6 heteroatoms. The fourth-order valence-corrected chi connectivity index (χ4v) is 2.20. The average Bonchev–Trinajstić information content (AvgIpc) is 2.39. The third-order valence-electron chi connectivity index (χ3n) is 3.12. The summed E-state index contributed by atoms with van der Waals surface area (Å²) in [4.78, 5) is 25.3. The van der Waals surface area contributed by atoms with E-state index in [1.165, 1.54) is 0 Å². The second kappa shape index (κ2) is 8.87. The number of methoxy groups -OCH3 is 1. The number of carbonyl (C=O) groups excluding carboxylic acids is 2. The Morgan fingerprint density at radius 2 is 2.21 bits per heavy atom. The Hall–Kier alpha value is -1.14. The molecule has 0 aromatic carbocycles. The molecule has 0 bridgehead atoms. The number of piperidine rings is 1. The van der Waals surface area contributed by atoms with E-state index in [0.717, 1.165) is 19.4 Å². The first-order valence-corrected chi connectivity index (χ1v) is 6.82. The molecule has 1 heterocycles. The molecule has 0 radical (unpaired) electrons. The van der Waals surface area contributed by atoms with Crippen LogP contribution in [-0.4, -0.2) is 63.3 Å². The Morgan fingerprint density at radius 3 is 2.89 bits per heavy atom. The van der Waals surface area contributed by atoms with Crippen LogP contribution in [0.25, 0.3) is 0 Å². The molecule has 1 fully saturated rings. The van der Waals surface area contributed by atoms with Crippen molar-refractivity contribution >= 4 is 11.9 Å². The largest absolute Gasteiger partial charge is 0.466 e. The molecule has 6 nitrogen and oxygen atoms in total. The van der Waals surface area contributed by atoms with Crippen LogP contribution in [0.15, 0.2) is 0 Å². The molecule has 1 aliphatic heterocycles. The first-order valence-electron chi connectivity index (χ1n) is 6.82. The van der Waals surface area contributed by atoms with E-state index in [1.54, 1.807) is 7.11 Å².